The Balaban J connectivity index is 1.91. The van der Waals surface area contributed by atoms with Crippen LogP contribution in [0.15, 0.2) is 36.4 Å². The summed E-state index contributed by atoms with van der Waals surface area (Å²) in [6.45, 7) is 4.74. The molecule has 0 aliphatic rings. The lowest BCUT2D eigenvalue weighted by Gasteiger charge is -2.17. The molecule has 0 saturated carbocycles. The molecule has 0 radical (unpaired) electrons. The van der Waals surface area contributed by atoms with Crippen molar-refractivity contribution in [2.45, 2.75) is 26.4 Å². The molecule has 7 heteroatoms. The molecule has 28 heavy (non-hydrogen) atoms. The van der Waals surface area contributed by atoms with Crippen LogP contribution in [0.1, 0.15) is 36.1 Å². The number of para-hydroxylation sites is 2. The quantitative estimate of drug-likeness (QED) is 0.675. The Kier molecular flexibility index (Phi) is 5.73. The summed E-state index contributed by atoms with van der Waals surface area (Å²) < 4.78 is 18.1. The van der Waals surface area contributed by atoms with Crippen LogP contribution in [-0.2, 0) is 6.54 Å². The number of ether oxygens (including phenoxy) is 3. The van der Waals surface area contributed by atoms with Crippen molar-refractivity contribution in [3.63, 3.8) is 0 Å². The third-order valence-electron chi connectivity index (χ3n) is 4.66. The van der Waals surface area contributed by atoms with Gasteiger partial charge in [-0.1, -0.05) is 12.1 Å². The SMILES string of the molecule is CCn1c(C(C)NC(=O)c2cc(OC)c(OC)c(OC)c2)nc2ccccc21. The molecule has 0 fully saturated rings. The summed E-state index contributed by atoms with van der Waals surface area (Å²) in [5.41, 5.74) is 2.38. The zero-order chi connectivity index (χ0) is 20.3. The van der Waals surface area contributed by atoms with Crippen LogP contribution in [0.4, 0.5) is 0 Å². The van der Waals surface area contributed by atoms with Gasteiger partial charge in [-0.3, -0.25) is 4.79 Å². The molecule has 1 unspecified atom stereocenters. The van der Waals surface area contributed by atoms with Gasteiger partial charge in [0.25, 0.3) is 5.91 Å². The summed E-state index contributed by atoms with van der Waals surface area (Å²) >= 11 is 0. The highest BCUT2D eigenvalue weighted by Gasteiger charge is 2.21. The number of hydrogen-bond donors (Lipinski definition) is 1. The molecule has 1 atom stereocenters. The van der Waals surface area contributed by atoms with Crippen molar-refractivity contribution < 1.29 is 19.0 Å². The summed E-state index contributed by atoms with van der Waals surface area (Å²) in [7, 11) is 4.56. The van der Waals surface area contributed by atoms with Crippen LogP contribution in [0.2, 0.25) is 0 Å². The number of nitrogens with zero attached hydrogens (tertiary/aromatic N) is 2. The number of rotatable bonds is 7. The predicted octanol–water partition coefficient (Wildman–Crippen LogP) is 3.57. The van der Waals surface area contributed by atoms with Gasteiger partial charge in [0.2, 0.25) is 5.75 Å². The van der Waals surface area contributed by atoms with Gasteiger partial charge in [-0.15, -0.1) is 0 Å². The second kappa shape index (κ2) is 8.21. The van der Waals surface area contributed by atoms with Crippen molar-refractivity contribution in [2.24, 2.45) is 0 Å². The van der Waals surface area contributed by atoms with Gasteiger partial charge in [0.1, 0.15) is 5.82 Å². The molecule has 1 N–H and O–H groups in total. The first-order chi connectivity index (χ1) is 13.5. The summed E-state index contributed by atoms with van der Waals surface area (Å²) in [5.74, 6) is 1.87. The maximum absolute atomic E-state index is 12.9. The van der Waals surface area contributed by atoms with E-state index in [2.05, 4.69) is 16.8 Å². The largest absolute Gasteiger partial charge is 0.493 e. The average molecular weight is 383 g/mol. The standard InChI is InChI=1S/C21H25N3O4/c1-6-24-16-10-8-7-9-15(16)23-20(24)13(2)22-21(25)14-11-17(26-3)19(28-5)18(12-14)27-4/h7-13H,6H2,1-5H3,(H,22,25). The van der Waals surface area contributed by atoms with Gasteiger partial charge in [0.15, 0.2) is 11.5 Å². The number of imidazole rings is 1. The molecule has 148 valence electrons. The van der Waals surface area contributed by atoms with Gasteiger partial charge in [0, 0.05) is 12.1 Å². The molecule has 0 aliphatic heterocycles. The summed E-state index contributed by atoms with van der Waals surface area (Å²) in [6, 6.07) is 10.9. The number of benzene rings is 2. The lowest BCUT2D eigenvalue weighted by Crippen LogP contribution is -2.28. The second-order valence-corrected chi connectivity index (χ2v) is 6.31. The normalized spacial score (nSPS) is 11.9. The minimum Gasteiger partial charge on any atom is -0.493 e. The molecule has 1 aromatic heterocycles. The average Bonchev–Trinajstić information content (AvgIpc) is 3.11. The third kappa shape index (κ3) is 3.47. The number of carbonyl (C=O) groups is 1. The van der Waals surface area contributed by atoms with Crippen LogP contribution in [0.5, 0.6) is 17.2 Å². The number of fused-ring (bicyclic) bond motifs is 1. The Labute approximate surface area is 164 Å². The highest BCUT2D eigenvalue weighted by molar-refractivity contribution is 5.96. The fraction of sp³-hybridized carbons (Fsp3) is 0.333. The van der Waals surface area contributed by atoms with Crippen molar-refractivity contribution in [1.29, 1.82) is 0 Å². The molecule has 1 amide bonds. The topological polar surface area (TPSA) is 74.6 Å². The molecule has 7 nitrogen and oxygen atoms in total. The highest BCUT2D eigenvalue weighted by Crippen LogP contribution is 2.38. The van der Waals surface area contributed by atoms with Crippen molar-refractivity contribution in [3.05, 3.63) is 47.8 Å². The van der Waals surface area contributed by atoms with E-state index in [9.17, 15) is 4.79 Å². The van der Waals surface area contributed by atoms with Crippen molar-refractivity contribution in [2.75, 3.05) is 21.3 Å². The van der Waals surface area contributed by atoms with E-state index in [-0.39, 0.29) is 11.9 Å². The van der Waals surface area contributed by atoms with Crippen LogP contribution in [-0.4, -0.2) is 36.8 Å². The first-order valence-corrected chi connectivity index (χ1v) is 9.10. The molecule has 2 aromatic carbocycles. The Morgan fingerprint density at radius 1 is 1.11 bits per heavy atom. The fourth-order valence-corrected chi connectivity index (χ4v) is 3.31. The number of hydrogen-bond acceptors (Lipinski definition) is 5. The minimum absolute atomic E-state index is 0.249. The molecule has 0 spiro atoms. The summed E-state index contributed by atoms with van der Waals surface area (Å²) in [6.07, 6.45) is 0. The van der Waals surface area contributed by atoms with Gasteiger partial charge in [-0.2, -0.15) is 0 Å². The van der Waals surface area contributed by atoms with Crippen molar-refractivity contribution >= 4 is 16.9 Å². The van der Waals surface area contributed by atoms with E-state index in [4.69, 9.17) is 19.2 Å². The number of nitrogens with one attached hydrogen (secondary N) is 1. The van der Waals surface area contributed by atoms with Gasteiger partial charge >= 0.3 is 0 Å². The first-order valence-electron chi connectivity index (χ1n) is 9.10. The van der Waals surface area contributed by atoms with Crippen molar-refractivity contribution in [3.8, 4) is 17.2 Å². The maximum atomic E-state index is 12.9. The number of carbonyl (C=O) groups excluding carboxylic acids is 1. The Morgan fingerprint density at radius 3 is 2.32 bits per heavy atom. The monoisotopic (exact) mass is 383 g/mol. The zero-order valence-corrected chi connectivity index (χ0v) is 16.8. The summed E-state index contributed by atoms with van der Waals surface area (Å²) in [5, 5.41) is 3.01. The van der Waals surface area contributed by atoms with Crippen LogP contribution in [0.25, 0.3) is 11.0 Å². The summed E-state index contributed by atoms with van der Waals surface area (Å²) in [4.78, 5) is 17.6. The maximum Gasteiger partial charge on any atom is 0.252 e. The van der Waals surface area contributed by atoms with E-state index in [1.807, 2.05) is 31.2 Å². The van der Waals surface area contributed by atoms with Gasteiger partial charge < -0.3 is 24.1 Å². The molecule has 1 heterocycles. The van der Waals surface area contributed by atoms with Gasteiger partial charge in [-0.25, -0.2) is 4.98 Å². The molecule has 3 aromatic rings. The van der Waals surface area contributed by atoms with E-state index in [1.54, 1.807) is 12.1 Å². The Hall–Kier alpha value is -3.22. The smallest absolute Gasteiger partial charge is 0.252 e. The van der Waals surface area contributed by atoms with E-state index in [0.717, 1.165) is 23.4 Å². The number of aromatic nitrogens is 2. The molecular formula is C21H25N3O4. The second-order valence-electron chi connectivity index (χ2n) is 6.31. The molecular weight excluding hydrogens is 358 g/mol. The van der Waals surface area contributed by atoms with Crippen LogP contribution >= 0.6 is 0 Å². The number of aryl methyl sites for hydroxylation is 1. The predicted molar refractivity (Wildman–Crippen MR) is 107 cm³/mol. The van der Waals surface area contributed by atoms with Gasteiger partial charge in [0.05, 0.1) is 38.4 Å². The lowest BCUT2D eigenvalue weighted by atomic mass is 10.1. The molecule has 0 bridgehead atoms. The fourth-order valence-electron chi connectivity index (χ4n) is 3.31. The van der Waals surface area contributed by atoms with Gasteiger partial charge in [-0.05, 0) is 38.1 Å². The molecule has 0 aliphatic carbocycles. The van der Waals surface area contributed by atoms with E-state index >= 15 is 0 Å². The van der Waals surface area contributed by atoms with E-state index in [1.165, 1.54) is 21.3 Å². The molecule has 3 rings (SSSR count). The first kappa shape index (κ1) is 19.5. The van der Waals surface area contributed by atoms with Crippen LogP contribution in [0, 0.1) is 0 Å². The zero-order valence-electron chi connectivity index (χ0n) is 16.8. The highest BCUT2D eigenvalue weighted by atomic mass is 16.5. The number of amides is 1. The van der Waals surface area contributed by atoms with Crippen molar-refractivity contribution in [1.82, 2.24) is 14.9 Å². The third-order valence-corrected chi connectivity index (χ3v) is 4.66. The Morgan fingerprint density at radius 2 is 1.75 bits per heavy atom. The number of methoxy groups -OCH3 is 3. The Bertz CT molecular complexity index is 971. The molecule has 0 saturated heterocycles. The van der Waals surface area contributed by atoms with E-state index < -0.39 is 0 Å². The van der Waals surface area contributed by atoms with Crippen LogP contribution in [0.3, 0.4) is 0 Å². The minimum atomic E-state index is -0.279. The van der Waals surface area contributed by atoms with E-state index in [0.29, 0.717) is 22.8 Å². The lowest BCUT2D eigenvalue weighted by molar-refractivity contribution is 0.0937. The van der Waals surface area contributed by atoms with Crippen LogP contribution < -0.4 is 19.5 Å².